The Labute approximate surface area is 161 Å². The predicted molar refractivity (Wildman–Crippen MR) is 101 cm³/mol. The van der Waals surface area contributed by atoms with E-state index in [4.69, 9.17) is 6.11 Å². The Kier molecular flexibility index (Phi) is 3.25. The van der Waals surface area contributed by atoms with Crippen molar-refractivity contribution < 1.29 is 15.7 Å². The van der Waals surface area contributed by atoms with Gasteiger partial charge < -0.3 is 15.0 Å². The first kappa shape index (κ1) is 16.0. The standard InChI is InChI=1S/C22H28N2O3/c1-21(2,3)15-6-4-5-13(7-15)18-16-10-24(11-17(16)18)19(25)14-8-22(9-14)12-27-20(26)23-22/h4-7,14,16-18H,8-12H2,1-3H3,(H,23,26)/t14?,16-,17+,18?,22?/i4D. The van der Waals surface area contributed by atoms with Gasteiger partial charge in [-0.05, 0) is 47.1 Å². The minimum absolute atomic E-state index is 0.0158. The lowest BCUT2D eigenvalue weighted by Crippen LogP contribution is -2.58. The van der Waals surface area contributed by atoms with Gasteiger partial charge in [0.05, 0.1) is 6.91 Å². The van der Waals surface area contributed by atoms with Crippen LogP contribution in [0.1, 0.15) is 52.0 Å². The Morgan fingerprint density at radius 2 is 2.00 bits per heavy atom. The largest absolute Gasteiger partial charge is 0.447 e. The molecule has 144 valence electrons. The second-order valence-corrected chi connectivity index (χ2v) is 9.99. The number of fused-ring (bicyclic) bond motifs is 1. The van der Waals surface area contributed by atoms with Crippen molar-refractivity contribution in [1.29, 1.82) is 0 Å². The van der Waals surface area contributed by atoms with E-state index < -0.39 is 0 Å². The molecule has 0 radical (unpaired) electrons. The summed E-state index contributed by atoms with van der Waals surface area (Å²) in [5.41, 5.74) is 2.24. The van der Waals surface area contributed by atoms with Gasteiger partial charge in [0.15, 0.2) is 0 Å². The fourth-order valence-corrected chi connectivity index (χ4v) is 5.35. The minimum atomic E-state index is -0.359. The van der Waals surface area contributed by atoms with Crippen molar-refractivity contribution >= 4 is 12.0 Å². The van der Waals surface area contributed by atoms with E-state index >= 15 is 0 Å². The molecule has 0 aromatic heterocycles. The molecule has 1 unspecified atom stereocenters. The molecule has 5 heteroatoms. The van der Waals surface area contributed by atoms with Crippen LogP contribution in [0.5, 0.6) is 0 Å². The minimum Gasteiger partial charge on any atom is -0.447 e. The van der Waals surface area contributed by atoms with Crippen LogP contribution in [-0.4, -0.2) is 42.1 Å². The van der Waals surface area contributed by atoms with E-state index in [1.165, 1.54) is 11.1 Å². The molecule has 1 spiro atoms. The van der Waals surface area contributed by atoms with E-state index in [-0.39, 0.29) is 28.9 Å². The molecular weight excluding hydrogens is 340 g/mol. The van der Waals surface area contributed by atoms with Crippen LogP contribution in [0.2, 0.25) is 0 Å². The number of nitrogens with zero attached hydrogens (tertiary/aromatic N) is 1. The average Bonchev–Trinajstić information content (AvgIpc) is 2.91. The van der Waals surface area contributed by atoms with Gasteiger partial charge in [0.25, 0.3) is 0 Å². The maximum atomic E-state index is 12.8. The third-order valence-electron chi connectivity index (χ3n) is 7.04. The third-order valence-corrected chi connectivity index (χ3v) is 7.04. The van der Waals surface area contributed by atoms with Gasteiger partial charge in [-0.1, -0.05) is 45.0 Å². The summed E-state index contributed by atoms with van der Waals surface area (Å²) in [6, 6.07) is 6.82. The quantitative estimate of drug-likeness (QED) is 0.872. The number of ether oxygens (including phenoxy) is 1. The van der Waals surface area contributed by atoms with E-state index in [1.54, 1.807) is 0 Å². The molecule has 1 aromatic rings. The summed E-state index contributed by atoms with van der Waals surface area (Å²) in [5.74, 6) is 1.80. The molecule has 4 fully saturated rings. The number of likely N-dealkylation sites (tertiary alicyclic amines) is 1. The van der Waals surface area contributed by atoms with Crippen molar-refractivity contribution in [2.24, 2.45) is 17.8 Å². The van der Waals surface area contributed by atoms with Crippen LogP contribution < -0.4 is 5.32 Å². The fraction of sp³-hybridized carbons (Fsp3) is 0.636. The van der Waals surface area contributed by atoms with Gasteiger partial charge in [-0.2, -0.15) is 0 Å². The van der Waals surface area contributed by atoms with E-state index in [1.807, 2.05) is 17.0 Å². The number of benzene rings is 1. The Morgan fingerprint density at radius 1 is 1.30 bits per heavy atom. The average molecular weight is 369 g/mol. The predicted octanol–water partition coefficient (Wildman–Crippen LogP) is 3.04. The summed E-state index contributed by atoms with van der Waals surface area (Å²) >= 11 is 0. The Hall–Kier alpha value is -2.04. The highest BCUT2D eigenvalue weighted by molar-refractivity contribution is 5.82. The maximum Gasteiger partial charge on any atom is 0.407 e. The Morgan fingerprint density at radius 3 is 2.59 bits per heavy atom. The summed E-state index contributed by atoms with van der Waals surface area (Å²) in [7, 11) is 0. The number of amides is 2. The monoisotopic (exact) mass is 369 g/mol. The van der Waals surface area contributed by atoms with Crippen LogP contribution in [0.4, 0.5) is 4.79 Å². The van der Waals surface area contributed by atoms with Crippen molar-refractivity contribution in [2.45, 2.75) is 50.5 Å². The summed E-state index contributed by atoms with van der Waals surface area (Å²) < 4.78 is 13.2. The van der Waals surface area contributed by atoms with Crippen LogP contribution in [0.3, 0.4) is 0 Å². The second-order valence-electron chi connectivity index (χ2n) is 9.99. The Balaban J connectivity index is 1.21. The number of hydrogen-bond acceptors (Lipinski definition) is 3. The number of alkyl carbamates (subject to hydrolysis) is 1. The molecule has 2 aliphatic carbocycles. The zero-order valence-electron chi connectivity index (χ0n) is 17.2. The van der Waals surface area contributed by atoms with Crippen molar-refractivity contribution in [1.82, 2.24) is 10.2 Å². The lowest BCUT2D eigenvalue weighted by atomic mass is 9.68. The molecule has 4 aliphatic rings. The van der Waals surface area contributed by atoms with E-state index in [0.29, 0.717) is 43.2 Å². The molecular formula is C22H28N2O3. The highest BCUT2D eigenvalue weighted by atomic mass is 16.6. The summed E-state index contributed by atoms with van der Waals surface area (Å²) in [6.45, 7) is 8.60. The van der Waals surface area contributed by atoms with Crippen LogP contribution >= 0.6 is 0 Å². The van der Waals surface area contributed by atoms with Crippen LogP contribution in [0.25, 0.3) is 0 Å². The number of rotatable bonds is 2. The summed E-state index contributed by atoms with van der Waals surface area (Å²) in [6.07, 6.45) is 1.04. The number of carbonyl (C=O) groups is 2. The Bertz CT molecular complexity index is 844. The molecule has 3 atom stereocenters. The van der Waals surface area contributed by atoms with Crippen molar-refractivity contribution in [3.8, 4) is 0 Å². The smallest absolute Gasteiger partial charge is 0.407 e. The van der Waals surface area contributed by atoms with Gasteiger partial charge in [-0.15, -0.1) is 0 Å². The van der Waals surface area contributed by atoms with E-state index in [0.717, 1.165) is 13.1 Å². The first-order valence-corrected chi connectivity index (χ1v) is 10.0. The highest BCUT2D eigenvalue weighted by Gasteiger charge is 2.59. The molecule has 0 bridgehead atoms. The zero-order chi connectivity index (χ0) is 19.8. The van der Waals surface area contributed by atoms with Crippen molar-refractivity contribution in [3.05, 3.63) is 35.4 Å². The summed E-state index contributed by atoms with van der Waals surface area (Å²) in [5, 5.41) is 2.86. The van der Waals surface area contributed by atoms with Crippen molar-refractivity contribution in [2.75, 3.05) is 19.7 Å². The highest BCUT2D eigenvalue weighted by Crippen LogP contribution is 2.59. The normalized spacial score (nSPS) is 37.4. The number of hydrogen-bond donors (Lipinski definition) is 1. The zero-order valence-corrected chi connectivity index (χ0v) is 16.2. The molecule has 2 saturated carbocycles. The van der Waals surface area contributed by atoms with Crippen LogP contribution in [0, 0.1) is 17.8 Å². The molecule has 2 saturated heterocycles. The van der Waals surface area contributed by atoms with Gasteiger partial charge in [0, 0.05) is 19.0 Å². The number of cyclic esters (lactones) is 1. The second kappa shape index (κ2) is 5.49. The molecule has 1 N–H and O–H groups in total. The number of nitrogens with one attached hydrogen (secondary N) is 1. The van der Waals surface area contributed by atoms with Crippen molar-refractivity contribution in [3.63, 3.8) is 0 Å². The van der Waals surface area contributed by atoms with Gasteiger partial charge in [0.1, 0.15) is 6.61 Å². The fourth-order valence-electron chi connectivity index (χ4n) is 5.35. The first-order chi connectivity index (χ1) is 13.2. The number of carbonyl (C=O) groups excluding carboxylic acids is 2. The van der Waals surface area contributed by atoms with Gasteiger partial charge in [0.2, 0.25) is 5.91 Å². The summed E-state index contributed by atoms with van der Waals surface area (Å²) in [4.78, 5) is 26.1. The molecule has 5 nitrogen and oxygen atoms in total. The lowest BCUT2D eigenvalue weighted by Gasteiger charge is -2.43. The van der Waals surface area contributed by atoms with E-state index in [2.05, 4.69) is 32.2 Å². The van der Waals surface area contributed by atoms with Crippen LogP contribution in [0.15, 0.2) is 24.2 Å². The topological polar surface area (TPSA) is 58.6 Å². The molecule has 1 aromatic carbocycles. The molecule has 2 amide bonds. The third kappa shape index (κ3) is 2.74. The van der Waals surface area contributed by atoms with Gasteiger partial charge in [-0.25, -0.2) is 4.79 Å². The number of piperidine rings is 1. The molecule has 27 heavy (non-hydrogen) atoms. The SMILES string of the molecule is [2H]c1cc(C2[C@H]3CN(C(=O)C4CC5(COC(=O)N5)C4)C[C@@H]23)cc(C(C)(C)C)c1. The maximum absolute atomic E-state index is 12.8. The van der Waals surface area contributed by atoms with Crippen LogP contribution in [-0.2, 0) is 14.9 Å². The molecule has 5 rings (SSSR count). The molecule has 2 heterocycles. The first-order valence-electron chi connectivity index (χ1n) is 10.5. The van der Waals surface area contributed by atoms with E-state index in [9.17, 15) is 9.59 Å². The van der Waals surface area contributed by atoms with Gasteiger partial charge in [-0.3, -0.25) is 4.79 Å². The lowest BCUT2D eigenvalue weighted by molar-refractivity contribution is -0.140. The van der Waals surface area contributed by atoms with Gasteiger partial charge >= 0.3 is 6.09 Å². The molecule has 2 aliphatic heterocycles.